The SMILES string of the molecule is OCc1ccc(CN2CCC[C@@H]2c2nc(-c3ccc(-n4ccnc4)nc3)no2)o1. The predicted octanol–water partition coefficient (Wildman–Crippen LogP) is 2.74. The van der Waals surface area contributed by atoms with E-state index in [4.69, 9.17) is 8.94 Å². The van der Waals surface area contributed by atoms with Crippen molar-refractivity contribution in [1.82, 2.24) is 29.6 Å². The van der Waals surface area contributed by atoms with Crippen LogP contribution in [0.3, 0.4) is 0 Å². The molecule has 1 aliphatic rings. The topological polar surface area (TPSA) is 106 Å². The van der Waals surface area contributed by atoms with Crippen LogP contribution in [0.4, 0.5) is 0 Å². The zero-order valence-corrected chi connectivity index (χ0v) is 15.7. The molecule has 0 amide bonds. The molecule has 5 heterocycles. The third-order valence-electron chi connectivity index (χ3n) is 5.10. The van der Waals surface area contributed by atoms with Crippen molar-refractivity contribution in [2.75, 3.05) is 6.54 Å². The van der Waals surface area contributed by atoms with Gasteiger partial charge in [0.15, 0.2) is 0 Å². The number of furan rings is 1. The molecule has 148 valence electrons. The first-order valence-electron chi connectivity index (χ1n) is 9.51. The summed E-state index contributed by atoms with van der Waals surface area (Å²) in [6.45, 7) is 1.48. The number of imidazole rings is 1. The largest absolute Gasteiger partial charge is 0.462 e. The number of hydrogen-bond acceptors (Lipinski definition) is 8. The smallest absolute Gasteiger partial charge is 0.244 e. The minimum absolute atomic E-state index is 0.0529. The van der Waals surface area contributed by atoms with Gasteiger partial charge in [0, 0.05) is 24.2 Å². The average molecular weight is 392 g/mol. The molecule has 0 unspecified atom stereocenters. The Bertz CT molecular complexity index is 1070. The van der Waals surface area contributed by atoms with Crippen LogP contribution in [0.15, 0.2) is 58.1 Å². The molecular weight excluding hydrogens is 372 g/mol. The lowest BCUT2D eigenvalue weighted by Gasteiger charge is -2.19. The Morgan fingerprint density at radius 2 is 2.10 bits per heavy atom. The summed E-state index contributed by atoms with van der Waals surface area (Å²) >= 11 is 0. The third kappa shape index (κ3) is 3.57. The molecule has 9 heteroatoms. The lowest BCUT2D eigenvalue weighted by Crippen LogP contribution is -2.22. The van der Waals surface area contributed by atoms with E-state index >= 15 is 0 Å². The van der Waals surface area contributed by atoms with Gasteiger partial charge < -0.3 is 14.0 Å². The first-order chi connectivity index (χ1) is 14.3. The molecule has 4 aromatic rings. The number of aliphatic hydroxyl groups is 1. The van der Waals surface area contributed by atoms with Gasteiger partial charge in [-0.25, -0.2) is 9.97 Å². The summed E-state index contributed by atoms with van der Waals surface area (Å²) in [7, 11) is 0. The number of aliphatic hydroxyl groups excluding tert-OH is 1. The van der Waals surface area contributed by atoms with Crippen LogP contribution in [-0.4, -0.2) is 41.2 Å². The Balaban J connectivity index is 1.32. The molecule has 4 aromatic heterocycles. The fraction of sp³-hybridized carbons (Fsp3) is 0.300. The van der Waals surface area contributed by atoms with Gasteiger partial charge in [0.1, 0.15) is 30.3 Å². The summed E-state index contributed by atoms with van der Waals surface area (Å²) in [4.78, 5) is 15.4. The maximum atomic E-state index is 9.17. The number of nitrogens with zero attached hydrogens (tertiary/aromatic N) is 6. The second-order valence-electron chi connectivity index (χ2n) is 6.99. The van der Waals surface area contributed by atoms with Crippen LogP contribution < -0.4 is 0 Å². The molecule has 0 bridgehead atoms. The second-order valence-corrected chi connectivity index (χ2v) is 6.99. The van der Waals surface area contributed by atoms with E-state index in [2.05, 4.69) is 25.0 Å². The Morgan fingerprint density at radius 3 is 2.86 bits per heavy atom. The molecule has 1 atom stereocenters. The van der Waals surface area contributed by atoms with Crippen molar-refractivity contribution in [3.63, 3.8) is 0 Å². The van der Waals surface area contributed by atoms with Crippen molar-refractivity contribution in [3.05, 3.63) is 66.6 Å². The first-order valence-corrected chi connectivity index (χ1v) is 9.51. The highest BCUT2D eigenvalue weighted by Gasteiger charge is 2.31. The minimum atomic E-state index is -0.0931. The highest BCUT2D eigenvalue weighted by Crippen LogP contribution is 2.33. The van der Waals surface area contributed by atoms with E-state index < -0.39 is 0 Å². The fourth-order valence-electron chi connectivity index (χ4n) is 3.64. The highest BCUT2D eigenvalue weighted by atomic mass is 16.5. The van der Waals surface area contributed by atoms with Crippen LogP contribution in [0.2, 0.25) is 0 Å². The van der Waals surface area contributed by atoms with E-state index in [9.17, 15) is 5.11 Å². The van der Waals surface area contributed by atoms with E-state index in [1.54, 1.807) is 24.8 Å². The van der Waals surface area contributed by atoms with Gasteiger partial charge in [-0.05, 0) is 43.7 Å². The predicted molar refractivity (Wildman–Crippen MR) is 102 cm³/mol. The highest BCUT2D eigenvalue weighted by molar-refractivity contribution is 5.53. The van der Waals surface area contributed by atoms with Gasteiger partial charge in [-0.1, -0.05) is 5.16 Å². The molecule has 1 aliphatic heterocycles. The van der Waals surface area contributed by atoms with Gasteiger partial charge in [-0.3, -0.25) is 9.47 Å². The van der Waals surface area contributed by atoms with E-state index in [0.717, 1.165) is 36.5 Å². The van der Waals surface area contributed by atoms with Gasteiger partial charge in [-0.2, -0.15) is 4.98 Å². The van der Waals surface area contributed by atoms with Crippen molar-refractivity contribution < 1.29 is 14.0 Å². The monoisotopic (exact) mass is 392 g/mol. The van der Waals surface area contributed by atoms with Gasteiger partial charge in [-0.15, -0.1) is 0 Å². The Kier molecular flexibility index (Phi) is 4.66. The summed E-state index contributed by atoms with van der Waals surface area (Å²) in [5.41, 5.74) is 0.798. The number of rotatable bonds is 6. The lowest BCUT2D eigenvalue weighted by molar-refractivity contribution is 0.182. The third-order valence-corrected chi connectivity index (χ3v) is 5.10. The maximum Gasteiger partial charge on any atom is 0.244 e. The van der Waals surface area contributed by atoms with Crippen LogP contribution >= 0.6 is 0 Å². The molecule has 5 rings (SSSR count). The van der Waals surface area contributed by atoms with Crippen LogP contribution in [0.1, 0.15) is 36.3 Å². The van der Waals surface area contributed by atoms with E-state index in [-0.39, 0.29) is 12.6 Å². The first kappa shape index (κ1) is 17.8. The second kappa shape index (κ2) is 7.61. The maximum absolute atomic E-state index is 9.17. The summed E-state index contributed by atoms with van der Waals surface area (Å²) in [5, 5.41) is 13.3. The van der Waals surface area contributed by atoms with E-state index in [1.807, 2.05) is 29.0 Å². The molecule has 1 N–H and O–H groups in total. The number of hydrogen-bond donors (Lipinski definition) is 1. The summed E-state index contributed by atoms with van der Waals surface area (Å²) in [5.74, 6) is 3.29. The van der Waals surface area contributed by atoms with Crippen molar-refractivity contribution >= 4 is 0 Å². The van der Waals surface area contributed by atoms with Gasteiger partial charge in [0.05, 0.1) is 12.6 Å². The van der Waals surface area contributed by atoms with Crippen LogP contribution in [-0.2, 0) is 13.2 Å². The van der Waals surface area contributed by atoms with Crippen molar-refractivity contribution in [1.29, 1.82) is 0 Å². The van der Waals surface area contributed by atoms with E-state index in [0.29, 0.717) is 24.0 Å². The van der Waals surface area contributed by atoms with Crippen molar-refractivity contribution in [2.24, 2.45) is 0 Å². The standard InChI is InChI=1S/C20H20N6O3/c27-12-16-5-4-15(28-16)11-25-8-1-2-17(25)20-23-19(24-29-20)14-3-6-18(22-10-14)26-9-7-21-13-26/h3-7,9-10,13,17,27H,1-2,8,11-12H2/t17-/m1/s1. The fourth-order valence-corrected chi connectivity index (χ4v) is 3.64. The Hall–Kier alpha value is -3.30. The van der Waals surface area contributed by atoms with Gasteiger partial charge in [0.2, 0.25) is 11.7 Å². The molecule has 1 fully saturated rings. The van der Waals surface area contributed by atoms with Crippen molar-refractivity contribution in [2.45, 2.75) is 32.0 Å². The zero-order chi connectivity index (χ0) is 19.6. The Morgan fingerprint density at radius 1 is 1.17 bits per heavy atom. The quantitative estimate of drug-likeness (QED) is 0.534. The molecule has 0 saturated carbocycles. The lowest BCUT2D eigenvalue weighted by atomic mass is 10.2. The molecule has 29 heavy (non-hydrogen) atoms. The molecule has 0 spiro atoms. The number of likely N-dealkylation sites (tertiary alicyclic amines) is 1. The van der Waals surface area contributed by atoms with Gasteiger partial charge >= 0.3 is 0 Å². The van der Waals surface area contributed by atoms with Crippen LogP contribution in [0, 0.1) is 0 Å². The van der Waals surface area contributed by atoms with E-state index in [1.165, 1.54) is 0 Å². The number of pyridine rings is 1. The molecule has 0 radical (unpaired) electrons. The molecule has 1 saturated heterocycles. The molecular formula is C20H20N6O3. The summed E-state index contributed by atoms with van der Waals surface area (Å²) < 4.78 is 13.0. The minimum Gasteiger partial charge on any atom is -0.462 e. The zero-order valence-electron chi connectivity index (χ0n) is 15.7. The normalized spacial score (nSPS) is 17.2. The molecule has 0 aromatic carbocycles. The van der Waals surface area contributed by atoms with Gasteiger partial charge in [0.25, 0.3) is 0 Å². The number of aromatic nitrogens is 5. The Labute approximate surface area is 166 Å². The van der Waals surface area contributed by atoms with Crippen LogP contribution in [0.25, 0.3) is 17.2 Å². The summed E-state index contributed by atoms with van der Waals surface area (Å²) in [6.07, 6.45) is 8.98. The van der Waals surface area contributed by atoms with Crippen LogP contribution in [0.5, 0.6) is 0 Å². The van der Waals surface area contributed by atoms with Crippen molar-refractivity contribution in [3.8, 4) is 17.2 Å². The molecule has 9 nitrogen and oxygen atoms in total. The summed E-state index contributed by atoms with van der Waals surface area (Å²) in [6, 6.07) is 7.56. The molecule has 0 aliphatic carbocycles. The average Bonchev–Trinajstić information content (AvgIpc) is 3.55.